The van der Waals surface area contributed by atoms with Crippen molar-refractivity contribution in [3.63, 3.8) is 0 Å². The van der Waals surface area contributed by atoms with Gasteiger partial charge < -0.3 is 5.32 Å². The molecule has 0 fully saturated rings. The number of amidine groups is 1. The lowest BCUT2D eigenvalue weighted by molar-refractivity contribution is 0.644. The number of nitrogens with one attached hydrogen (secondary N) is 1. The van der Waals surface area contributed by atoms with Gasteiger partial charge in [0.1, 0.15) is 0 Å². The van der Waals surface area contributed by atoms with Crippen LogP contribution in [0, 0.1) is 0 Å². The largest absolute Gasteiger partial charge is 0.358 e. The van der Waals surface area contributed by atoms with Crippen LogP contribution in [-0.2, 0) is 0 Å². The highest BCUT2D eigenvalue weighted by molar-refractivity contribution is 8.14. The zero-order valence-corrected chi connectivity index (χ0v) is 11.6. The fourth-order valence-corrected chi connectivity index (χ4v) is 3.86. The molecular weight excluding hydrogens is 236 g/mol. The van der Waals surface area contributed by atoms with E-state index in [4.69, 9.17) is 0 Å². The van der Waals surface area contributed by atoms with Crippen LogP contribution in [-0.4, -0.2) is 16.5 Å². The molecule has 0 amide bonds. The summed E-state index contributed by atoms with van der Waals surface area (Å²) in [5.41, 5.74) is 1.35. The topological polar surface area (TPSA) is 24.4 Å². The Morgan fingerprint density at radius 1 is 1.50 bits per heavy atom. The Morgan fingerprint density at radius 3 is 2.94 bits per heavy atom. The summed E-state index contributed by atoms with van der Waals surface area (Å²) in [7, 11) is 0. The average Bonchev–Trinajstić information content (AvgIpc) is 2.68. The summed E-state index contributed by atoms with van der Waals surface area (Å²) < 4.78 is 0. The lowest BCUT2D eigenvalue weighted by Gasteiger charge is -2.25. The SMILES string of the molecule is CC1CC(C)SC(NC(C)c2ccsc2)=N1. The number of nitrogens with zero attached hydrogens (tertiary/aromatic N) is 1. The summed E-state index contributed by atoms with van der Waals surface area (Å²) in [5.74, 6) is 0. The second-order valence-corrected chi connectivity index (χ2v) is 6.58. The van der Waals surface area contributed by atoms with Gasteiger partial charge in [-0.05, 0) is 42.7 Å². The van der Waals surface area contributed by atoms with Crippen molar-refractivity contribution in [1.29, 1.82) is 0 Å². The van der Waals surface area contributed by atoms with Crippen molar-refractivity contribution in [3.05, 3.63) is 22.4 Å². The molecule has 0 spiro atoms. The first-order valence-corrected chi connectivity index (χ1v) is 7.50. The van der Waals surface area contributed by atoms with Gasteiger partial charge in [-0.15, -0.1) is 0 Å². The fraction of sp³-hybridized carbons (Fsp3) is 0.583. The molecular formula is C12H18N2S2. The van der Waals surface area contributed by atoms with Gasteiger partial charge in [0.15, 0.2) is 5.17 Å². The van der Waals surface area contributed by atoms with Crippen LogP contribution < -0.4 is 5.32 Å². The third-order valence-electron chi connectivity index (χ3n) is 2.71. The highest BCUT2D eigenvalue weighted by Crippen LogP contribution is 2.26. The molecule has 1 N–H and O–H groups in total. The molecule has 1 aliphatic rings. The third-order valence-corrected chi connectivity index (χ3v) is 4.45. The van der Waals surface area contributed by atoms with Crippen LogP contribution in [0.25, 0.3) is 0 Å². The first-order chi connectivity index (χ1) is 7.65. The molecule has 4 heteroatoms. The van der Waals surface area contributed by atoms with Crippen molar-refractivity contribution in [2.75, 3.05) is 0 Å². The van der Waals surface area contributed by atoms with Crippen molar-refractivity contribution < 1.29 is 0 Å². The second-order valence-electron chi connectivity index (χ2n) is 4.37. The number of aliphatic imine (C=N–C) groups is 1. The summed E-state index contributed by atoms with van der Waals surface area (Å²) in [5, 5.41) is 9.59. The minimum absolute atomic E-state index is 0.356. The van der Waals surface area contributed by atoms with Crippen LogP contribution in [0.1, 0.15) is 38.8 Å². The predicted octanol–water partition coefficient (Wildman–Crippen LogP) is 3.67. The lowest BCUT2D eigenvalue weighted by Crippen LogP contribution is -2.30. The van der Waals surface area contributed by atoms with Gasteiger partial charge in [-0.2, -0.15) is 11.3 Å². The molecule has 1 aliphatic heterocycles. The van der Waals surface area contributed by atoms with Gasteiger partial charge in [0.2, 0.25) is 0 Å². The molecule has 3 unspecified atom stereocenters. The van der Waals surface area contributed by atoms with E-state index >= 15 is 0 Å². The Labute approximate surface area is 106 Å². The molecule has 2 nitrogen and oxygen atoms in total. The summed E-state index contributed by atoms with van der Waals surface area (Å²) >= 11 is 3.60. The molecule has 88 valence electrons. The van der Waals surface area contributed by atoms with Crippen LogP contribution in [0.15, 0.2) is 21.8 Å². The Morgan fingerprint density at radius 2 is 2.31 bits per heavy atom. The molecule has 0 aliphatic carbocycles. The third kappa shape index (κ3) is 3.01. The van der Waals surface area contributed by atoms with Crippen LogP contribution >= 0.6 is 23.1 Å². The lowest BCUT2D eigenvalue weighted by atomic mass is 10.2. The molecule has 1 aromatic heterocycles. The highest BCUT2D eigenvalue weighted by atomic mass is 32.2. The summed E-state index contributed by atoms with van der Waals surface area (Å²) in [6.07, 6.45) is 1.18. The molecule has 2 heterocycles. The molecule has 2 rings (SSSR count). The van der Waals surface area contributed by atoms with Crippen LogP contribution in [0.4, 0.5) is 0 Å². The van der Waals surface area contributed by atoms with E-state index in [1.165, 1.54) is 12.0 Å². The Hall–Kier alpha value is -0.480. The van der Waals surface area contributed by atoms with E-state index in [0.717, 1.165) is 5.17 Å². The van der Waals surface area contributed by atoms with Gasteiger partial charge in [-0.3, -0.25) is 4.99 Å². The first-order valence-electron chi connectivity index (χ1n) is 5.68. The first kappa shape index (κ1) is 12.0. The minimum atomic E-state index is 0.356. The Balaban J connectivity index is 1.99. The van der Waals surface area contributed by atoms with Crippen molar-refractivity contribution in [2.45, 2.75) is 44.5 Å². The maximum atomic E-state index is 4.65. The van der Waals surface area contributed by atoms with E-state index in [9.17, 15) is 0 Å². The molecule has 0 radical (unpaired) electrons. The van der Waals surface area contributed by atoms with Crippen LogP contribution in [0.3, 0.4) is 0 Å². The molecule has 0 aromatic carbocycles. The Bertz CT molecular complexity index is 359. The number of thioether (sulfide) groups is 1. The predicted molar refractivity (Wildman–Crippen MR) is 74.4 cm³/mol. The Kier molecular flexibility index (Phi) is 3.92. The number of rotatable bonds is 2. The molecule has 16 heavy (non-hydrogen) atoms. The van der Waals surface area contributed by atoms with E-state index in [-0.39, 0.29) is 0 Å². The fourth-order valence-electron chi connectivity index (χ4n) is 1.86. The highest BCUT2D eigenvalue weighted by Gasteiger charge is 2.19. The summed E-state index contributed by atoms with van der Waals surface area (Å²) in [4.78, 5) is 4.65. The van der Waals surface area contributed by atoms with E-state index < -0.39 is 0 Å². The monoisotopic (exact) mass is 254 g/mol. The zero-order chi connectivity index (χ0) is 11.5. The maximum absolute atomic E-state index is 4.65. The van der Waals surface area contributed by atoms with E-state index in [2.05, 4.69) is 47.9 Å². The minimum Gasteiger partial charge on any atom is -0.358 e. The molecule has 0 saturated heterocycles. The molecule has 3 atom stereocenters. The van der Waals surface area contributed by atoms with Gasteiger partial charge in [0.05, 0.1) is 12.1 Å². The van der Waals surface area contributed by atoms with Gasteiger partial charge in [-0.1, -0.05) is 18.7 Å². The van der Waals surface area contributed by atoms with E-state index in [1.54, 1.807) is 11.3 Å². The average molecular weight is 254 g/mol. The maximum Gasteiger partial charge on any atom is 0.157 e. The smallest absolute Gasteiger partial charge is 0.157 e. The van der Waals surface area contributed by atoms with Gasteiger partial charge in [-0.25, -0.2) is 0 Å². The van der Waals surface area contributed by atoms with Gasteiger partial charge in [0, 0.05) is 5.25 Å². The van der Waals surface area contributed by atoms with Crippen molar-refractivity contribution in [2.24, 2.45) is 4.99 Å². The van der Waals surface area contributed by atoms with E-state index in [1.807, 2.05) is 11.8 Å². The summed E-state index contributed by atoms with van der Waals surface area (Å²) in [6, 6.07) is 2.98. The van der Waals surface area contributed by atoms with Crippen LogP contribution in [0.2, 0.25) is 0 Å². The number of hydrogen-bond acceptors (Lipinski definition) is 4. The number of hydrogen-bond donors (Lipinski definition) is 1. The molecule has 0 bridgehead atoms. The molecule has 0 saturated carbocycles. The van der Waals surface area contributed by atoms with Crippen molar-refractivity contribution >= 4 is 28.3 Å². The van der Waals surface area contributed by atoms with E-state index in [0.29, 0.717) is 17.3 Å². The van der Waals surface area contributed by atoms with Crippen molar-refractivity contribution in [1.82, 2.24) is 5.32 Å². The number of thiophene rings is 1. The summed E-state index contributed by atoms with van der Waals surface area (Å²) in [6.45, 7) is 6.65. The van der Waals surface area contributed by atoms with Crippen molar-refractivity contribution in [3.8, 4) is 0 Å². The van der Waals surface area contributed by atoms with Gasteiger partial charge >= 0.3 is 0 Å². The molecule has 1 aromatic rings. The van der Waals surface area contributed by atoms with Crippen LogP contribution in [0.5, 0.6) is 0 Å². The quantitative estimate of drug-likeness (QED) is 0.871. The normalized spacial score (nSPS) is 27.3. The van der Waals surface area contributed by atoms with Gasteiger partial charge in [0.25, 0.3) is 0 Å². The second kappa shape index (κ2) is 5.23. The zero-order valence-electron chi connectivity index (χ0n) is 9.93. The standard InChI is InChI=1S/C12H18N2S2/c1-8-6-9(2)16-12(13-8)14-10(3)11-4-5-15-7-11/h4-5,7-10H,6H2,1-3H3,(H,13,14).